The maximum Gasteiger partial charge on any atom is 0.163 e. The van der Waals surface area contributed by atoms with E-state index >= 15 is 0 Å². The van der Waals surface area contributed by atoms with Crippen LogP contribution in [-0.4, -0.2) is 10.8 Å². The third-order valence-corrected chi connectivity index (χ3v) is 5.85. The van der Waals surface area contributed by atoms with Crippen molar-refractivity contribution >= 4 is 17.2 Å². The van der Waals surface area contributed by atoms with Gasteiger partial charge in [-0.1, -0.05) is 42.5 Å². The fourth-order valence-corrected chi connectivity index (χ4v) is 4.42. The summed E-state index contributed by atoms with van der Waals surface area (Å²) < 4.78 is 0. The predicted octanol–water partition coefficient (Wildman–Crippen LogP) is 5.37. The van der Waals surface area contributed by atoms with Gasteiger partial charge in [-0.15, -0.1) is 0 Å². The van der Waals surface area contributed by atoms with Crippen LogP contribution >= 0.6 is 0 Å². The monoisotopic (exact) mass is 381 g/mol. The summed E-state index contributed by atoms with van der Waals surface area (Å²) in [6, 6.07) is 20.4. The van der Waals surface area contributed by atoms with Gasteiger partial charge in [-0.25, -0.2) is 0 Å². The van der Waals surface area contributed by atoms with Crippen LogP contribution in [-0.2, 0) is 4.79 Å². The number of allylic oxidation sites excluding steroid dienone is 1. The quantitative estimate of drug-likeness (QED) is 0.627. The molecule has 0 spiro atoms. The van der Waals surface area contributed by atoms with Crippen molar-refractivity contribution in [3.63, 3.8) is 0 Å². The van der Waals surface area contributed by atoms with Gasteiger partial charge in [0.25, 0.3) is 0 Å². The van der Waals surface area contributed by atoms with Crippen molar-refractivity contribution in [2.45, 2.75) is 31.7 Å². The third kappa shape index (κ3) is 3.31. The van der Waals surface area contributed by atoms with E-state index in [0.29, 0.717) is 6.42 Å². The summed E-state index contributed by atoms with van der Waals surface area (Å²) in [5.74, 6) is 0.384. The molecule has 5 rings (SSSR count). The van der Waals surface area contributed by atoms with Gasteiger partial charge in [0.2, 0.25) is 0 Å². The molecule has 0 fully saturated rings. The molecule has 0 amide bonds. The number of carbonyl (C=O) groups excluding carboxylic acids is 1. The lowest BCUT2D eigenvalue weighted by Crippen LogP contribution is -2.26. The van der Waals surface area contributed by atoms with E-state index in [1.165, 1.54) is 11.1 Å². The maximum atomic E-state index is 13.4. The zero-order chi connectivity index (χ0) is 19.8. The molecule has 0 radical (unpaired) electrons. The van der Waals surface area contributed by atoms with Crippen molar-refractivity contribution in [2.24, 2.45) is 0 Å². The number of rotatable bonds is 2. The summed E-state index contributed by atoms with van der Waals surface area (Å²) >= 11 is 0. The van der Waals surface area contributed by atoms with Gasteiger partial charge in [0.05, 0.1) is 17.4 Å². The molecule has 1 aliphatic heterocycles. The highest BCUT2D eigenvalue weighted by Gasteiger charge is 2.36. The molecule has 0 saturated carbocycles. The number of aryl methyl sites for hydroxylation is 1. The largest absolute Gasteiger partial charge is 0.372 e. The Labute approximate surface area is 170 Å². The number of ketones is 1. The predicted molar refractivity (Wildman–Crippen MR) is 116 cm³/mol. The number of carbonyl (C=O) groups is 1. The number of benzene rings is 2. The second-order valence-electron chi connectivity index (χ2n) is 7.87. The topological polar surface area (TPSA) is 54.0 Å². The number of nitrogens with zero attached hydrogens (tertiary/aromatic N) is 1. The van der Waals surface area contributed by atoms with Crippen molar-refractivity contribution < 1.29 is 4.79 Å². The van der Waals surface area contributed by atoms with Crippen molar-refractivity contribution in [2.75, 3.05) is 10.6 Å². The van der Waals surface area contributed by atoms with Crippen LogP contribution in [0.3, 0.4) is 0 Å². The first-order chi connectivity index (χ1) is 14.2. The summed E-state index contributed by atoms with van der Waals surface area (Å²) in [5, 5.41) is 7.21. The van der Waals surface area contributed by atoms with Gasteiger partial charge < -0.3 is 10.6 Å². The standard InChI is InChI=1S/C25H23N3O/c1-16-9-10-20-21(12-16)28-25(18-8-5-11-26-15-18)24-22(27-20)13-19(14-23(24)29)17-6-3-2-4-7-17/h2-12,15,19,25,27-28H,13-14H2,1H3. The summed E-state index contributed by atoms with van der Waals surface area (Å²) in [5.41, 5.74) is 7.26. The van der Waals surface area contributed by atoms with Gasteiger partial charge >= 0.3 is 0 Å². The number of nitrogens with one attached hydrogen (secondary N) is 2. The van der Waals surface area contributed by atoms with E-state index in [2.05, 4.69) is 52.9 Å². The number of hydrogen-bond donors (Lipinski definition) is 2. The Morgan fingerprint density at radius 1 is 0.931 bits per heavy atom. The molecule has 0 bridgehead atoms. The molecule has 4 nitrogen and oxygen atoms in total. The van der Waals surface area contributed by atoms with Crippen molar-refractivity contribution in [1.29, 1.82) is 0 Å². The van der Waals surface area contributed by atoms with Gasteiger partial charge in [-0.05, 0) is 54.2 Å². The summed E-state index contributed by atoms with van der Waals surface area (Å²) in [6.45, 7) is 2.08. The molecule has 4 heteroatoms. The fraction of sp³-hybridized carbons (Fsp3) is 0.200. The number of fused-ring (bicyclic) bond motifs is 1. The van der Waals surface area contributed by atoms with Crippen LogP contribution in [0.2, 0.25) is 0 Å². The van der Waals surface area contributed by atoms with Crippen molar-refractivity contribution in [3.8, 4) is 0 Å². The Hall–Kier alpha value is -3.40. The second-order valence-corrected chi connectivity index (χ2v) is 7.87. The van der Waals surface area contributed by atoms with Gasteiger partial charge in [-0.2, -0.15) is 0 Å². The molecule has 2 aromatic carbocycles. The number of pyridine rings is 1. The van der Waals surface area contributed by atoms with Crippen LogP contribution in [0, 0.1) is 6.92 Å². The highest BCUT2D eigenvalue weighted by atomic mass is 16.1. The molecule has 29 heavy (non-hydrogen) atoms. The van der Waals surface area contributed by atoms with Crippen LogP contribution in [0.15, 0.2) is 84.3 Å². The Morgan fingerprint density at radius 2 is 1.76 bits per heavy atom. The van der Waals surface area contributed by atoms with Crippen LogP contribution in [0.4, 0.5) is 11.4 Å². The zero-order valence-electron chi connectivity index (χ0n) is 16.4. The Bertz CT molecular complexity index is 1090. The molecule has 2 aliphatic rings. The SMILES string of the molecule is Cc1ccc2c(c1)NC(c1cccnc1)C1=C(CC(c3ccccc3)CC1=O)N2. The van der Waals surface area contributed by atoms with Crippen molar-refractivity contribution in [1.82, 2.24) is 4.98 Å². The minimum atomic E-state index is -0.210. The molecule has 1 aromatic heterocycles. The van der Waals surface area contributed by atoms with E-state index in [4.69, 9.17) is 0 Å². The lowest BCUT2D eigenvalue weighted by molar-refractivity contribution is -0.116. The molecule has 0 saturated heterocycles. The van der Waals surface area contributed by atoms with Gasteiger partial charge in [0, 0.05) is 30.1 Å². The second kappa shape index (κ2) is 7.21. The summed E-state index contributed by atoms with van der Waals surface area (Å²) in [6.07, 6.45) is 4.95. The highest BCUT2D eigenvalue weighted by Crippen LogP contribution is 2.44. The van der Waals surface area contributed by atoms with E-state index in [9.17, 15) is 4.79 Å². The molecule has 144 valence electrons. The average molecular weight is 381 g/mol. The molecule has 3 aromatic rings. The van der Waals surface area contributed by atoms with Crippen LogP contribution in [0.1, 0.15) is 41.5 Å². The van der Waals surface area contributed by atoms with Crippen LogP contribution < -0.4 is 10.6 Å². The van der Waals surface area contributed by atoms with Gasteiger partial charge in [0.15, 0.2) is 5.78 Å². The minimum Gasteiger partial charge on any atom is -0.372 e. The number of anilines is 2. The first-order valence-corrected chi connectivity index (χ1v) is 10.0. The van der Waals surface area contributed by atoms with E-state index in [0.717, 1.165) is 34.6 Å². The van der Waals surface area contributed by atoms with Crippen molar-refractivity contribution in [3.05, 3.63) is 101 Å². The lowest BCUT2D eigenvalue weighted by atomic mass is 9.79. The van der Waals surface area contributed by atoms with E-state index in [1.807, 2.05) is 36.5 Å². The number of Topliss-reactive ketones (excluding diaryl/α,β-unsaturated/α-hetero) is 1. The van der Waals surface area contributed by atoms with Gasteiger partial charge in [-0.3, -0.25) is 9.78 Å². The van der Waals surface area contributed by atoms with E-state index in [-0.39, 0.29) is 17.7 Å². The average Bonchev–Trinajstić information content (AvgIpc) is 2.91. The van der Waals surface area contributed by atoms with E-state index < -0.39 is 0 Å². The molecular weight excluding hydrogens is 358 g/mol. The molecule has 2 atom stereocenters. The molecule has 2 unspecified atom stereocenters. The normalized spacial score (nSPS) is 20.8. The zero-order valence-corrected chi connectivity index (χ0v) is 16.4. The molecule has 2 N–H and O–H groups in total. The Morgan fingerprint density at radius 3 is 2.55 bits per heavy atom. The minimum absolute atomic E-state index is 0.191. The first-order valence-electron chi connectivity index (χ1n) is 10.0. The highest BCUT2D eigenvalue weighted by molar-refractivity contribution is 6.01. The van der Waals surface area contributed by atoms with Crippen LogP contribution in [0.25, 0.3) is 0 Å². The molecular formula is C25H23N3O. The molecule has 2 heterocycles. The fourth-order valence-electron chi connectivity index (χ4n) is 4.42. The Kier molecular flexibility index (Phi) is 4.39. The number of aromatic nitrogens is 1. The summed E-state index contributed by atoms with van der Waals surface area (Å²) in [7, 11) is 0. The number of hydrogen-bond acceptors (Lipinski definition) is 4. The third-order valence-electron chi connectivity index (χ3n) is 5.85. The Balaban J connectivity index is 1.62. The summed E-state index contributed by atoms with van der Waals surface area (Å²) in [4.78, 5) is 17.7. The van der Waals surface area contributed by atoms with Gasteiger partial charge in [0.1, 0.15) is 0 Å². The maximum absolute atomic E-state index is 13.4. The van der Waals surface area contributed by atoms with E-state index in [1.54, 1.807) is 6.20 Å². The molecule has 1 aliphatic carbocycles. The first kappa shape index (κ1) is 17.7. The lowest BCUT2D eigenvalue weighted by Gasteiger charge is -2.29. The smallest absolute Gasteiger partial charge is 0.163 e. The van der Waals surface area contributed by atoms with Crippen LogP contribution in [0.5, 0.6) is 0 Å².